The van der Waals surface area contributed by atoms with Gasteiger partial charge < -0.3 is 4.74 Å². The maximum Gasteiger partial charge on any atom is 0.573 e. The van der Waals surface area contributed by atoms with Crippen molar-refractivity contribution in [2.24, 2.45) is 5.92 Å². The summed E-state index contributed by atoms with van der Waals surface area (Å²) in [6, 6.07) is 4.14. The molecule has 1 atom stereocenters. The van der Waals surface area contributed by atoms with Crippen molar-refractivity contribution >= 4 is 21.7 Å². The molecule has 1 aromatic rings. The number of carbonyl (C=O) groups is 2. The number of sulfone groups is 1. The summed E-state index contributed by atoms with van der Waals surface area (Å²) in [5.74, 6) is -2.06. The van der Waals surface area contributed by atoms with Crippen LogP contribution < -0.4 is 15.6 Å². The number of carbonyl (C=O) groups excluding carboxylic acids is 2. The highest BCUT2D eigenvalue weighted by atomic mass is 32.2. The van der Waals surface area contributed by atoms with Gasteiger partial charge in [-0.15, -0.1) is 13.2 Å². The van der Waals surface area contributed by atoms with Crippen molar-refractivity contribution in [3.05, 3.63) is 29.8 Å². The monoisotopic (exact) mass is 380 g/mol. The summed E-state index contributed by atoms with van der Waals surface area (Å²) in [7, 11) is -3.09. The lowest BCUT2D eigenvalue weighted by Crippen LogP contribution is -2.42. The van der Waals surface area contributed by atoms with E-state index >= 15 is 0 Å². The lowest BCUT2D eigenvalue weighted by molar-refractivity contribution is -0.274. The van der Waals surface area contributed by atoms with Crippen molar-refractivity contribution in [1.82, 2.24) is 10.9 Å². The van der Waals surface area contributed by atoms with Crippen molar-refractivity contribution in [3.8, 4) is 5.75 Å². The predicted octanol–water partition coefficient (Wildman–Crippen LogP) is 1.17. The van der Waals surface area contributed by atoms with Crippen molar-refractivity contribution < 1.29 is 35.9 Å². The van der Waals surface area contributed by atoms with Gasteiger partial charge in [0.25, 0.3) is 5.91 Å². The Hall–Kier alpha value is -2.30. The number of halogens is 3. The zero-order chi connectivity index (χ0) is 18.7. The Bertz CT molecular complexity index is 747. The minimum atomic E-state index is -4.83. The number of benzene rings is 1. The van der Waals surface area contributed by atoms with Gasteiger partial charge in [0.15, 0.2) is 9.84 Å². The molecule has 1 aromatic carbocycles. The number of ether oxygens (including phenoxy) is 1. The van der Waals surface area contributed by atoms with Crippen molar-refractivity contribution in [2.45, 2.75) is 19.2 Å². The van der Waals surface area contributed by atoms with Crippen LogP contribution in [0.15, 0.2) is 24.3 Å². The molecule has 7 nitrogen and oxygen atoms in total. The fourth-order valence-electron chi connectivity index (χ4n) is 2.35. The van der Waals surface area contributed by atoms with Crippen molar-refractivity contribution in [2.75, 3.05) is 11.5 Å². The molecule has 0 bridgehead atoms. The molecule has 0 unspecified atom stereocenters. The van der Waals surface area contributed by atoms with E-state index in [0.29, 0.717) is 6.42 Å². The summed E-state index contributed by atoms with van der Waals surface area (Å²) in [6.45, 7) is 0. The molecule has 25 heavy (non-hydrogen) atoms. The van der Waals surface area contributed by atoms with Gasteiger partial charge in [0, 0.05) is 12.0 Å². The third-order valence-electron chi connectivity index (χ3n) is 3.47. The van der Waals surface area contributed by atoms with Crippen LogP contribution in [0.4, 0.5) is 13.2 Å². The summed E-state index contributed by atoms with van der Waals surface area (Å²) in [5, 5.41) is 0. The van der Waals surface area contributed by atoms with Crippen LogP contribution in [0.1, 0.15) is 23.2 Å². The maximum atomic E-state index is 12.0. The zero-order valence-corrected chi connectivity index (χ0v) is 13.6. The van der Waals surface area contributed by atoms with Gasteiger partial charge in [0.1, 0.15) is 5.75 Å². The second-order valence-electron chi connectivity index (χ2n) is 5.55. The average Bonchev–Trinajstić information content (AvgIpc) is 2.82. The van der Waals surface area contributed by atoms with Crippen LogP contribution in [0.2, 0.25) is 0 Å². The fourth-order valence-corrected chi connectivity index (χ4v) is 4.21. The lowest BCUT2D eigenvalue weighted by atomic mass is 10.1. The van der Waals surface area contributed by atoms with Gasteiger partial charge in [-0.2, -0.15) is 0 Å². The van der Waals surface area contributed by atoms with E-state index in [9.17, 15) is 31.2 Å². The smallest absolute Gasteiger partial charge is 0.406 e. The Morgan fingerprint density at radius 3 is 2.32 bits per heavy atom. The number of nitrogens with one attached hydrogen (secondary N) is 2. The fraction of sp³-hybridized carbons (Fsp3) is 0.429. The number of hydrazine groups is 1. The molecule has 0 radical (unpaired) electrons. The molecule has 0 aromatic heterocycles. The Kier molecular flexibility index (Phi) is 5.55. The molecular formula is C14H15F3N2O5S. The van der Waals surface area contributed by atoms with Gasteiger partial charge in [0.05, 0.1) is 11.5 Å². The van der Waals surface area contributed by atoms with Crippen LogP contribution in [0.3, 0.4) is 0 Å². The Labute approximate surface area is 141 Å². The van der Waals surface area contributed by atoms with Crippen LogP contribution in [0.25, 0.3) is 0 Å². The SMILES string of the molecule is O=C(C[C@H]1CCS(=O)(=O)C1)NNC(=O)c1ccc(OC(F)(F)F)cc1. The Morgan fingerprint density at radius 2 is 1.80 bits per heavy atom. The quantitative estimate of drug-likeness (QED) is 0.764. The second kappa shape index (κ2) is 7.30. The molecule has 0 spiro atoms. The first-order valence-corrected chi connectivity index (χ1v) is 9.02. The minimum absolute atomic E-state index is 0.0123. The number of hydrogen-bond donors (Lipinski definition) is 2. The molecule has 138 valence electrons. The Morgan fingerprint density at radius 1 is 1.16 bits per heavy atom. The molecular weight excluding hydrogens is 365 g/mol. The molecule has 2 N–H and O–H groups in total. The van der Waals surface area contributed by atoms with E-state index in [4.69, 9.17) is 0 Å². The van der Waals surface area contributed by atoms with Crippen LogP contribution in [0.5, 0.6) is 5.75 Å². The summed E-state index contributed by atoms with van der Waals surface area (Å²) in [4.78, 5) is 23.5. The van der Waals surface area contributed by atoms with Crippen LogP contribution in [0, 0.1) is 5.92 Å². The van der Waals surface area contributed by atoms with Crippen LogP contribution in [-0.2, 0) is 14.6 Å². The molecule has 0 aliphatic carbocycles. The maximum absolute atomic E-state index is 12.0. The van der Waals surface area contributed by atoms with Gasteiger partial charge in [0.2, 0.25) is 5.91 Å². The highest BCUT2D eigenvalue weighted by Gasteiger charge is 2.31. The summed E-state index contributed by atoms with van der Waals surface area (Å²) in [5.41, 5.74) is 4.27. The molecule has 0 saturated carbocycles. The van der Waals surface area contributed by atoms with E-state index in [1.54, 1.807) is 0 Å². The Balaban J connectivity index is 1.80. The average molecular weight is 380 g/mol. The topological polar surface area (TPSA) is 102 Å². The van der Waals surface area contributed by atoms with E-state index in [2.05, 4.69) is 15.6 Å². The van der Waals surface area contributed by atoms with E-state index in [1.807, 2.05) is 0 Å². The largest absolute Gasteiger partial charge is 0.573 e. The van der Waals surface area contributed by atoms with E-state index in [0.717, 1.165) is 24.3 Å². The van der Waals surface area contributed by atoms with Gasteiger partial charge in [-0.1, -0.05) is 0 Å². The van der Waals surface area contributed by atoms with Crippen LogP contribution >= 0.6 is 0 Å². The second-order valence-corrected chi connectivity index (χ2v) is 7.78. The van der Waals surface area contributed by atoms with Crippen molar-refractivity contribution in [3.63, 3.8) is 0 Å². The van der Waals surface area contributed by atoms with Gasteiger partial charge >= 0.3 is 6.36 Å². The van der Waals surface area contributed by atoms with Gasteiger partial charge in [-0.3, -0.25) is 20.4 Å². The summed E-state index contributed by atoms with van der Waals surface area (Å²) < 4.78 is 62.4. The molecule has 1 saturated heterocycles. The highest BCUT2D eigenvalue weighted by molar-refractivity contribution is 7.91. The number of rotatable bonds is 4. The first-order valence-electron chi connectivity index (χ1n) is 7.19. The van der Waals surface area contributed by atoms with E-state index in [-0.39, 0.29) is 29.4 Å². The third-order valence-corrected chi connectivity index (χ3v) is 5.30. The highest BCUT2D eigenvalue weighted by Crippen LogP contribution is 2.23. The molecule has 1 aliphatic heterocycles. The number of alkyl halides is 3. The predicted molar refractivity (Wildman–Crippen MR) is 80.1 cm³/mol. The third kappa shape index (κ3) is 6.25. The first-order chi connectivity index (χ1) is 11.5. The minimum Gasteiger partial charge on any atom is -0.406 e. The number of amides is 2. The molecule has 1 heterocycles. The molecule has 11 heteroatoms. The lowest BCUT2D eigenvalue weighted by Gasteiger charge is -2.11. The van der Waals surface area contributed by atoms with Gasteiger partial charge in [-0.05, 0) is 36.6 Å². The van der Waals surface area contributed by atoms with Crippen molar-refractivity contribution in [1.29, 1.82) is 0 Å². The van der Waals surface area contributed by atoms with E-state index in [1.165, 1.54) is 0 Å². The zero-order valence-electron chi connectivity index (χ0n) is 12.8. The summed E-state index contributed by atoms with van der Waals surface area (Å²) >= 11 is 0. The normalized spacial score (nSPS) is 19.2. The molecule has 1 aliphatic rings. The molecule has 1 fully saturated rings. The summed E-state index contributed by atoms with van der Waals surface area (Å²) in [6.07, 6.45) is -4.48. The molecule has 2 rings (SSSR count). The molecule has 2 amide bonds. The van der Waals surface area contributed by atoms with Gasteiger partial charge in [-0.25, -0.2) is 8.42 Å². The van der Waals surface area contributed by atoms with E-state index < -0.39 is 33.8 Å². The first kappa shape index (κ1) is 19.0. The number of hydrogen-bond acceptors (Lipinski definition) is 5. The van der Waals surface area contributed by atoms with Crippen LogP contribution in [-0.4, -0.2) is 38.1 Å². The standard InChI is InChI=1S/C14H15F3N2O5S/c15-14(16,17)24-11-3-1-10(2-4-11)13(21)19-18-12(20)7-9-5-6-25(22,23)8-9/h1-4,9H,5-8H2,(H,18,20)(H,19,21)/t9-/m1/s1.